The van der Waals surface area contributed by atoms with Crippen molar-refractivity contribution in [3.63, 3.8) is 0 Å². The summed E-state index contributed by atoms with van der Waals surface area (Å²) in [6.45, 7) is 1.54. The molecule has 1 aromatic rings. The molecule has 1 saturated heterocycles. The Balaban J connectivity index is 2.17. The molecular weight excluding hydrogens is 222 g/mol. The lowest BCUT2D eigenvalue weighted by Gasteiger charge is -2.31. The average Bonchev–Trinajstić information content (AvgIpc) is 2.38. The first-order valence-corrected chi connectivity index (χ1v) is 5.57. The lowest BCUT2D eigenvalue weighted by molar-refractivity contribution is 0.0852. The summed E-state index contributed by atoms with van der Waals surface area (Å²) in [6, 6.07) is 0.613. The Kier molecular flexibility index (Phi) is 3.58. The maximum Gasteiger partial charge on any atom is 0.322 e. The maximum absolute atomic E-state index is 5.61. The van der Waals surface area contributed by atoms with Crippen molar-refractivity contribution >= 4 is 11.9 Å². The largest absolute Gasteiger partial charge is 0.467 e. The second kappa shape index (κ2) is 5.13. The van der Waals surface area contributed by atoms with Crippen LogP contribution in [0.3, 0.4) is 0 Å². The number of anilines is 2. The molecule has 2 rings (SSSR count). The van der Waals surface area contributed by atoms with Crippen molar-refractivity contribution in [3.8, 4) is 6.01 Å². The molecule has 7 heteroatoms. The molecule has 0 amide bonds. The Morgan fingerprint density at radius 2 is 2.00 bits per heavy atom. The molecule has 0 atom stereocenters. The van der Waals surface area contributed by atoms with Crippen LogP contribution in [0.15, 0.2) is 0 Å². The third kappa shape index (κ3) is 2.73. The Morgan fingerprint density at radius 3 is 2.65 bits per heavy atom. The quantitative estimate of drug-likeness (QED) is 0.799. The zero-order chi connectivity index (χ0) is 12.3. The number of methoxy groups -OCH3 is 1. The zero-order valence-electron chi connectivity index (χ0n) is 10.1. The van der Waals surface area contributed by atoms with E-state index in [0.29, 0.717) is 12.0 Å². The maximum atomic E-state index is 5.61. The third-order valence-corrected chi connectivity index (χ3v) is 2.86. The van der Waals surface area contributed by atoms with E-state index in [1.165, 1.54) is 7.11 Å². The van der Waals surface area contributed by atoms with Crippen LogP contribution in [-0.4, -0.2) is 48.4 Å². The van der Waals surface area contributed by atoms with Crippen molar-refractivity contribution in [2.75, 3.05) is 38.0 Å². The highest BCUT2D eigenvalue weighted by molar-refractivity contribution is 5.36. The van der Waals surface area contributed by atoms with Crippen molar-refractivity contribution < 1.29 is 9.47 Å². The number of aromatic nitrogens is 3. The molecule has 1 fully saturated rings. The van der Waals surface area contributed by atoms with Crippen LogP contribution in [0.4, 0.5) is 11.9 Å². The summed E-state index contributed by atoms with van der Waals surface area (Å²) in [5.74, 6) is 0.715. The van der Waals surface area contributed by atoms with Crippen LogP contribution in [0.1, 0.15) is 12.8 Å². The number of hydrogen-bond acceptors (Lipinski definition) is 7. The van der Waals surface area contributed by atoms with Gasteiger partial charge in [0.05, 0.1) is 7.11 Å². The van der Waals surface area contributed by atoms with Gasteiger partial charge in [-0.25, -0.2) is 0 Å². The fourth-order valence-corrected chi connectivity index (χ4v) is 1.85. The fraction of sp³-hybridized carbons (Fsp3) is 0.700. The van der Waals surface area contributed by atoms with Crippen LogP contribution in [0.2, 0.25) is 0 Å². The minimum atomic E-state index is 0.172. The molecule has 0 spiro atoms. The second-order valence-corrected chi connectivity index (χ2v) is 3.93. The van der Waals surface area contributed by atoms with E-state index in [-0.39, 0.29) is 12.0 Å². The molecule has 0 bridgehead atoms. The Morgan fingerprint density at radius 1 is 1.29 bits per heavy atom. The topological polar surface area (TPSA) is 86.4 Å². The molecule has 7 nitrogen and oxygen atoms in total. The lowest BCUT2D eigenvalue weighted by atomic mass is 10.1. The minimum Gasteiger partial charge on any atom is -0.467 e. The molecule has 0 unspecified atom stereocenters. The number of nitrogens with zero attached hydrogens (tertiary/aromatic N) is 4. The zero-order valence-corrected chi connectivity index (χ0v) is 10.1. The number of nitrogens with two attached hydrogens (primary N) is 1. The lowest BCUT2D eigenvalue weighted by Crippen LogP contribution is -2.37. The SMILES string of the molecule is COc1nc(N)nc(N(C)C2CCOCC2)n1. The standard InChI is InChI=1S/C10H17N5O2/c1-15(7-3-5-17-6-4-7)9-12-8(11)13-10(14-9)16-2/h7H,3-6H2,1-2H3,(H2,11,12,13,14). The van der Waals surface area contributed by atoms with Crippen LogP contribution < -0.4 is 15.4 Å². The summed E-state index contributed by atoms with van der Waals surface area (Å²) in [4.78, 5) is 14.2. The van der Waals surface area contributed by atoms with E-state index in [0.717, 1.165) is 26.1 Å². The summed E-state index contributed by atoms with van der Waals surface area (Å²) in [5.41, 5.74) is 5.61. The molecule has 0 saturated carbocycles. The fourth-order valence-electron chi connectivity index (χ4n) is 1.85. The summed E-state index contributed by atoms with van der Waals surface area (Å²) in [5, 5.41) is 0. The highest BCUT2D eigenvalue weighted by Gasteiger charge is 2.21. The van der Waals surface area contributed by atoms with Gasteiger partial charge in [0.2, 0.25) is 11.9 Å². The van der Waals surface area contributed by atoms with Gasteiger partial charge in [-0.1, -0.05) is 0 Å². The van der Waals surface area contributed by atoms with Crippen LogP contribution in [0, 0.1) is 0 Å². The molecule has 0 aliphatic carbocycles. The predicted octanol–water partition coefficient (Wildman–Crippen LogP) is 0.0776. The summed E-state index contributed by atoms with van der Waals surface area (Å²) >= 11 is 0. The summed E-state index contributed by atoms with van der Waals surface area (Å²) < 4.78 is 10.3. The van der Waals surface area contributed by atoms with E-state index in [2.05, 4.69) is 15.0 Å². The molecule has 0 radical (unpaired) electrons. The van der Waals surface area contributed by atoms with Crippen molar-refractivity contribution in [2.45, 2.75) is 18.9 Å². The summed E-state index contributed by atoms with van der Waals surface area (Å²) in [6.07, 6.45) is 1.93. The number of ether oxygens (including phenoxy) is 2. The second-order valence-electron chi connectivity index (χ2n) is 3.93. The van der Waals surface area contributed by atoms with Crippen molar-refractivity contribution in [3.05, 3.63) is 0 Å². The van der Waals surface area contributed by atoms with Gasteiger partial charge in [0.1, 0.15) is 0 Å². The molecule has 1 aliphatic heterocycles. The van der Waals surface area contributed by atoms with Gasteiger partial charge >= 0.3 is 6.01 Å². The highest BCUT2D eigenvalue weighted by Crippen LogP contribution is 2.19. The van der Waals surface area contributed by atoms with Crippen LogP contribution in [0.25, 0.3) is 0 Å². The van der Waals surface area contributed by atoms with E-state index in [9.17, 15) is 0 Å². The van der Waals surface area contributed by atoms with Gasteiger partial charge in [-0.3, -0.25) is 0 Å². The molecule has 1 aliphatic rings. The Labute approximate surface area is 100.0 Å². The van der Waals surface area contributed by atoms with Gasteiger partial charge < -0.3 is 20.1 Å². The monoisotopic (exact) mass is 239 g/mol. The van der Waals surface area contributed by atoms with Crippen LogP contribution >= 0.6 is 0 Å². The number of hydrogen-bond donors (Lipinski definition) is 1. The van der Waals surface area contributed by atoms with Crippen LogP contribution in [-0.2, 0) is 4.74 Å². The smallest absolute Gasteiger partial charge is 0.322 e. The molecular formula is C10H17N5O2. The predicted molar refractivity (Wildman–Crippen MR) is 63.0 cm³/mol. The number of nitrogen functional groups attached to an aromatic ring is 1. The van der Waals surface area contributed by atoms with Crippen molar-refractivity contribution in [1.29, 1.82) is 0 Å². The number of rotatable bonds is 3. The van der Waals surface area contributed by atoms with Gasteiger partial charge in [0.15, 0.2) is 0 Å². The van der Waals surface area contributed by atoms with Gasteiger partial charge in [-0.2, -0.15) is 15.0 Å². The van der Waals surface area contributed by atoms with Gasteiger partial charge in [0.25, 0.3) is 0 Å². The van der Waals surface area contributed by atoms with Crippen molar-refractivity contribution in [2.24, 2.45) is 0 Å². The molecule has 2 heterocycles. The van der Waals surface area contributed by atoms with Gasteiger partial charge in [0, 0.05) is 26.3 Å². The van der Waals surface area contributed by atoms with Gasteiger partial charge in [-0.05, 0) is 12.8 Å². The van der Waals surface area contributed by atoms with Crippen molar-refractivity contribution in [1.82, 2.24) is 15.0 Å². The molecule has 17 heavy (non-hydrogen) atoms. The first kappa shape index (κ1) is 11.8. The Hall–Kier alpha value is -1.63. The summed E-state index contributed by atoms with van der Waals surface area (Å²) in [7, 11) is 3.46. The third-order valence-electron chi connectivity index (χ3n) is 2.86. The first-order chi connectivity index (χ1) is 8.20. The molecule has 2 N–H and O–H groups in total. The first-order valence-electron chi connectivity index (χ1n) is 5.57. The minimum absolute atomic E-state index is 0.172. The van der Waals surface area contributed by atoms with E-state index >= 15 is 0 Å². The Bertz CT molecular complexity index is 381. The highest BCUT2D eigenvalue weighted by atomic mass is 16.5. The van der Waals surface area contributed by atoms with E-state index in [1.54, 1.807) is 0 Å². The van der Waals surface area contributed by atoms with Gasteiger partial charge in [-0.15, -0.1) is 0 Å². The molecule has 94 valence electrons. The average molecular weight is 239 g/mol. The van der Waals surface area contributed by atoms with Crippen LogP contribution in [0.5, 0.6) is 6.01 Å². The molecule has 1 aromatic heterocycles. The normalized spacial score (nSPS) is 16.8. The van der Waals surface area contributed by atoms with E-state index in [1.807, 2.05) is 11.9 Å². The van der Waals surface area contributed by atoms with E-state index in [4.69, 9.17) is 15.2 Å². The molecule has 0 aromatic carbocycles. The van der Waals surface area contributed by atoms with E-state index < -0.39 is 0 Å².